The molecular formula is C27H34ClN3O2. The Labute approximate surface area is 202 Å². The summed E-state index contributed by atoms with van der Waals surface area (Å²) in [5, 5.41) is 12.6. The maximum atomic E-state index is 10.2. The van der Waals surface area contributed by atoms with Gasteiger partial charge in [-0.25, -0.2) is 4.98 Å². The highest BCUT2D eigenvalue weighted by atomic mass is 35.5. The Kier molecular flexibility index (Phi) is 7.74. The molecule has 2 aliphatic rings. The minimum Gasteiger partial charge on any atom is -0.488 e. The third-order valence-electron chi connectivity index (χ3n) is 6.94. The molecule has 6 heteroatoms. The van der Waals surface area contributed by atoms with Crippen molar-refractivity contribution in [2.24, 2.45) is 0 Å². The van der Waals surface area contributed by atoms with Crippen LogP contribution < -0.4 is 9.64 Å². The molecule has 5 nitrogen and oxygen atoms in total. The van der Waals surface area contributed by atoms with Gasteiger partial charge < -0.3 is 19.6 Å². The van der Waals surface area contributed by atoms with Gasteiger partial charge in [0.25, 0.3) is 0 Å². The number of benzene rings is 2. The lowest BCUT2D eigenvalue weighted by Crippen LogP contribution is -2.46. The zero-order valence-corrected chi connectivity index (χ0v) is 20.1. The molecule has 1 N–H and O–H groups in total. The molecule has 1 aliphatic carbocycles. The van der Waals surface area contributed by atoms with Gasteiger partial charge in [0, 0.05) is 37.1 Å². The number of pyridine rings is 1. The van der Waals surface area contributed by atoms with Gasteiger partial charge in [0.15, 0.2) is 0 Å². The normalized spacial score (nSPS) is 21.6. The molecule has 0 bridgehead atoms. The van der Waals surface area contributed by atoms with Crippen molar-refractivity contribution >= 4 is 29.0 Å². The summed E-state index contributed by atoms with van der Waals surface area (Å²) in [5.74, 6) is 1.90. The average molecular weight is 468 g/mol. The molecule has 176 valence electrons. The fraction of sp³-hybridized carbons (Fsp3) is 0.444. The highest BCUT2D eigenvalue weighted by molar-refractivity contribution is 5.95. The van der Waals surface area contributed by atoms with Crippen molar-refractivity contribution in [3.8, 4) is 17.0 Å². The highest BCUT2D eigenvalue weighted by Crippen LogP contribution is 2.32. The highest BCUT2D eigenvalue weighted by Gasteiger charge is 2.25. The number of hydrogen-bond acceptors (Lipinski definition) is 5. The van der Waals surface area contributed by atoms with Gasteiger partial charge in [-0.05, 0) is 61.5 Å². The lowest BCUT2D eigenvalue weighted by atomic mass is 9.95. The van der Waals surface area contributed by atoms with Crippen LogP contribution in [0.25, 0.3) is 22.0 Å². The molecule has 5 rings (SSSR count). The molecule has 2 aromatic carbocycles. The van der Waals surface area contributed by atoms with Crippen molar-refractivity contribution < 1.29 is 9.84 Å². The number of rotatable bonds is 5. The number of aliphatic hydroxyl groups is 1. The van der Waals surface area contributed by atoms with E-state index >= 15 is 0 Å². The van der Waals surface area contributed by atoms with E-state index in [1.54, 1.807) is 0 Å². The Hall–Kier alpha value is -2.34. The van der Waals surface area contributed by atoms with Crippen molar-refractivity contribution in [3.05, 3.63) is 54.6 Å². The Morgan fingerprint density at radius 1 is 0.970 bits per heavy atom. The van der Waals surface area contributed by atoms with Gasteiger partial charge in [-0.3, -0.25) is 0 Å². The van der Waals surface area contributed by atoms with Crippen LogP contribution in [-0.4, -0.2) is 59.9 Å². The van der Waals surface area contributed by atoms with E-state index in [9.17, 15) is 5.11 Å². The maximum absolute atomic E-state index is 10.2. The van der Waals surface area contributed by atoms with E-state index in [2.05, 4.69) is 59.2 Å². The molecule has 2 unspecified atom stereocenters. The minimum absolute atomic E-state index is 0. The van der Waals surface area contributed by atoms with Crippen LogP contribution >= 0.6 is 12.4 Å². The predicted molar refractivity (Wildman–Crippen MR) is 138 cm³/mol. The summed E-state index contributed by atoms with van der Waals surface area (Å²) in [7, 11) is 0. The molecule has 0 spiro atoms. The Morgan fingerprint density at radius 3 is 2.42 bits per heavy atom. The first-order valence-corrected chi connectivity index (χ1v) is 12.0. The average Bonchev–Trinajstić information content (AvgIpc) is 2.85. The third-order valence-corrected chi connectivity index (χ3v) is 6.94. The van der Waals surface area contributed by atoms with Crippen LogP contribution in [0.5, 0.6) is 5.75 Å². The molecule has 1 aromatic heterocycles. The first-order chi connectivity index (χ1) is 15.7. The molecule has 2 heterocycles. The SMILES string of the molecule is CCN1CCN(c2nc(-c3ccc(OC4CCCCC4O)cc3)cc3ccccc23)CC1.Cl. The van der Waals surface area contributed by atoms with Crippen LogP contribution in [0, 0.1) is 0 Å². The van der Waals surface area contributed by atoms with E-state index in [0.29, 0.717) is 0 Å². The van der Waals surface area contributed by atoms with Crippen molar-refractivity contribution in [1.29, 1.82) is 0 Å². The number of ether oxygens (including phenoxy) is 1. The number of hydrogen-bond donors (Lipinski definition) is 1. The van der Waals surface area contributed by atoms with E-state index in [1.165, 1.54) is 10.8 Å². The smallest absolute Gasteiger partial charge is 0.137 e. The Morgan fingerprint density at radius 2 is 1.70 bits per heavy atom. The number of halogens is 1. The van der Waals surface area contributed by atoms with Crippen molar-refractivity contribution in [3.63, 3.8) is 0 Å². The molecule has 1 saturated heterocycles. The van der Waals surface area contributed by atoms with Crippen LogP contribution in [0.2, 0.25) is 0 Å². The summed E-state index contributed by atoms with van der Waals surface area (Å²) in [6, 6.07) is 18.9. The van der Waals surface area contributed by atoms with Gasteiger partial charge in [-0.1, -0.05) is 37.6 Å². The standard InChI is InChI=1S/C27H33N3O2.ClH/c1-2-29-15-17-30(18-16-29)27-23-8-4-3-7-21(23)19-24(28-27)20-11-13-22(14-12-20)32-26-10-6-5-9-25(26)31;/h3-4,7-8,11-14,19,25-26,31H,2,5-6,9-10,15-18H2,1H3;1H. The van der Waals surface area contributed by atoms with Gasteiger partial charge >= 0.3 is 0 Å². The van der Waals surface area contributed by atoms with Crippen molar-refractivity contribution in [1.82, 2.24) is 9.88 Å². The van der Waals surface area contributed by atoms with Crippen LogP contribution in [0.3, 0.4) is 0 Å². The summed E-state index contributed by atoms with van der Waals surface area (Å²) in [6.45, 7) is 7.50. The second-order valence-electron chi connectivity index (χ2n) is 9.01. The number of aromatic nitrogens is 1. The minimum atomic E-state index is -0.360. The van der Waals surface area contributed by atoms with Gasteiger partial charge in [-0.2, -0.15) is 0 Å². The van der Waals surface area contributed by atoms with Crippen LogP contribution in [0.15, 0.2) is 54.6 Å². The van der Waals surface area contributed by atoms with Crippen LogP contribution in [-0.2, 0) is 0 Å². The predicted octanol–water partition coefficient (Wildman–Crippen LogP) is 5.15. The number of likely N-dealkylation sites (N-methyl/N-ethyl adjacent to an activating group) is 1. The van der Waals surface area contributed by atoms with Crippen LogP contribution in [0.4, 0.5) is 5.82 Å². The van der Waals surface area contributed by atoms with Gasteiger partial charge in [0.05, 0.1) is 11.8 Å². The number of fused-ring (bicyclic) bond motifs is 1. The summed E-state index contributed by atoms with van der Waals surface area (Å²) in [6.07, 6.45) is 3.51. The molecule has 1 aliphatic heterocycles. The number of aliphatic hydroxyl groups excluding tert-OH is 1. The topological polar surface area (TPSA) is 48.8 Å². The van der Waals surface area contributed by atoms with E-state index in [1.807, 2.05) is 12.1 Å². The first-order valence-electron chi connectivity index (χ1n) is 12.0. The Bertz CT molecular complexity index is 1050. The second-order valence-corrected chi connectivity index (χ2v) is 9.01. The molecule has 33 heavy (non-hydrogen) atoms. The first kappa shape index (κ1) is 23.8. The molecule has 1 saturated carbocycles. The fourth-order valence-corrected chi connectivity index (χ4v) is 4.94. The van der Waals surface area contributed by atoms with E-state index in [0.717, 1.165) is 81.2 Å². The summed E-state index contributed by atoms with van der Waals surface area (Å²) in [5.41, 5.74) is 2.07. The summed E-state index contributed by atoms with van der Waals surface area (Å²) in [4.78, 5) is 10.1. The molecule has 2 atom stereocenters. The zero-order valence-electron chi connectivity index (χ0n) is 19.3. The lowest BCUT2D eigenvalue weighted by molar-refractivity contribution is 0.00688. The van der Waals surface area contributed by atoms with E-state index in [-0.39, 0.29) is 24.6 Å². The van der Waals surface area contributed by atoms with Crippen molar-refractivity contribution in [2.45, 2.75) is 44.8 Å². The quantitative estimate of drug-likeness (QED) is 0.562. The maximum Gasteiger partial charge on any atom is 0.137 e. The number of piperazine rings is 1. The number of anilines is 1. The summed E-state index contributed by atoms with van der Waals surface area (Å²) >= 11 is 0. The molecular weight excluding hydrogens is 434 g/mol. The number of nitrogens with zero attached hydrogens (tertiary/aromatic N) is 3. The fourth-order valence-electron chi connectivity index (χ4n) is 4.94. The molecule has 0 amide bonds. The monoisotopic (exact) mass is 467 g/mol. The third kappa shape index (κ3) is 5.26. The van der Waals surface area contributed by atoms with Gasteiger partial charge in [-0.15, -0.1) is 12.4 Å². The van der Waals surface area contributed by atoms with Crippen LogP contribution in [0.1, 0.15) is 32.6 Å². The Balaban J connectivity index is 0.00000259. The molecule has 3 aromatic rings. The van der Waals surface area contributed by atoms with Gasteiger partial charge in [0.2, 0.25) is 0 Å². The lowest BCUT2D eigenvalue weighted by Gasteiger charge is -2.35. The second kappa shape index (κ2) is 10.7. The van der Waals surface area contributed by atoms with Crippen molar-refractivity contribution in [2.75, 3.05) is 37.6 Å². The molecule has 2 fully saturated rings. The van der Waals surface area contributed by atoms with E-state index < -0.39 is 0 Å². The largest absolute Gasteiger partial charge is 0.488 e. The van der Waals surface area contributed by atoms with E-state index in [4.69, 9.17) is 9.72 Å². The zero-order chi connectivity index (χ0) is 21.9. The van der Waals surface area contributed by atoms with Gasteiger partial charge in [0.1, 0.15) is 17.7 Å². The molecule has 0 radical (unpaired) electrons. The summed E-state index contributed by atoms with van der Waals surface area (Å²) < 4.78 is 6.08.